The molecule has 0 heterocycles. The fraction of sp³-hybridized carbons (Fsp3) is 0.103. The van der Waals surface area contributed by atoms with E-state index in [0.717, 1.165) is 11.1 Å². The summed E-state index contributed by atoms with van der Waals surface area (Å²) in [6.45, 7) is 0. The number of nitrogens with one attached hydrogen (secondary N) is 2. The largest absolute Gasteiger partial charge is 0.497 e. The molecule has 0 aromatic heterocycles. The standard InChI is InChI=1S/C29H26N2O6/c1-34-24-5-3-7-26(18-24)36-28(32)30-22-13-9-20(10-14-22)17-21-11-15-23(16-12-21)31-29(33)37-27-8-4-6-25(19-27)35-2/h3-16,18-19H,17H2,1-2H3,(H,30,32)(H,31,33). The minimum Gasteiger partial charge on any atom is -0.497 e. The Labute approximate surface area is 214 Å². The van der Waals surface area contributed by atoms with Crippen LogP contribution in [-0.4, -0.2) is 26.4 Å². The molecule has 4 aromatic carbocycles. The van der Waals surface area contributed by atoms with Crippen LogP contribution in [0.1, 0.15) is 11.1 Å². The summed E-state index contributed by atoms with van der Waals surface area (Å²) in [7, 11) is 3.10. The van der Waals surface area contributed by atoms with Gasteiger partial charge in [0.1, 0.15) is 23.0 Å². The Balaban J connectivity index is 1.27. The number of ether oxygens (including phenoxy) is 4. The van der Waals surface area contributed by atoms with Crippen molar-refractivity contribution in [2.75, 3.05) is 24.9 Å². The van der Waals surface area contributed by atoms with E-state index in [2.05, 4.69) is 10.6 Å². The highest BCUT2D eigenvalue weighted by molar-refractivity contribution is 5.87. The zero-order chi connectivity index (χ0) is 26.0. The highest BCUT2D eigenvalue weighted by Crippen LogP contribution is 2.21. The maximum Gasteiger partial charge on any atom is 0.417 e. The van der Waals surface area contributed by atoms with E-state index in [1.165, 1.54) is 0 Å². The highest BCUT2D eigenvalue weighted by atomic mass is 16.6. The fourth-order valence-corrected chi connectivity index (χ4v) is 3.48. The normalized spacial score (nSPS) is 10.2. The number of hydrogen-bond donors (Lipinski definition) is 2. The Morgan fingerprint density at radius 1 is 0.568 bits per heavy atom. The maximum absolute atomic E-state index is 12.2. The number of carbonyl (C=O) groups is 2. The lowest BCUT2D eigenvalue weighted by Crippen LogP contribution is -2.16. The fourth-order valence-electron chi connectivity index (χ4n) is 3.48. The van der Waals surface area contributed by atoms with Crippen molar-refractivity contribution in [1.82, 2.24) is 0 Å². The van der Waals surface area contributed by atoms with Crippen LogP contribution in [0.4, 0.5) is 21.0 Å². The quantitative estimate of drug-likeness (QED) is 0.287. The zero-order valence-corrected chi connectivity index (χ0v) is 20.4. The Hall–Kier alpha value is -4.98. The van der Waals surface area contributed by atoms with Gasteiger partial charge in [0.25, 0.3) is 0 Å². The Bertz CT molecular complexity index is 1250. The third kappa shape index (κ3) is 7.50. The van der Waals surface area contributed by atoms with Crippen LogP contribution in [0.15, 0.2) is 97.1 Å². The summed E-state index contributed by atoms with van der Waals surface area (Å²) in [5.41, 5.74) is 3.35. The average Bonchev–Trinajstić information content (AvgIpc) is 2.91. The first-order valence-electron chi connectivity index (χ1n) is 11.4. The number of rotatable bonds is 8. The van der Waals surface area contributed by atoms with Gasteiger partial charge in [0, 0.05) is 23.5 Å². The molecular formula is C29H26N2O6. The third-order valence-electron chi connectivity index (χ3n) is 5.31. The van der Waals surface area contributed by atoms with Gasteiger partial charge in [-0.25, -0.2) is 9.59 Å². The van der Waals surface area contributed by atoms with Gasteiger partial charge >= 0.3 is 12.2 Å². The van der Waals surface area contributed by atoms with Gasteiger partial charge in [-0.1, -0.05) is 36.4 Å². The first-order valence-corrected chi connectivity index (χ1v) is 11.4. The van der Waals surface area contributed by atoms with E-state index >= 15 is 0 Å². The van der Waals surface area contributed by atoms with Gasteiger partial charge in [-0.2, -0.15) is 0 Å². The monoisotopic (exact) mass is 498 g/mol. The molecule has 4 rings (SSSR count). The molecule has 0 bridgehead atoms. The molecular weight excluding hydrogens is 472 g/mol. The first-order chi connectivity index (χ1) is 18.0. The van der Waals surface area contributed by atoms with Gasteiger partial charge in [0.05, 0.1) is 14.2 Å². The van der Waals surface area contributed by atoms with Crippen LogP contribution in [0.2, 0.25) is 0 Å². The zero-order valence-electron chi connectivity index (χ0n) is 20.4. The van der Waals surface area contributed by atoms with Crippen molar-refractivity contribution in [3.05, 3.63) is 108 Å². The smallest absolute Gasteiger partial charge is 0.417 e. The number of methoxy groups -OCH3 is 2. The maximum atomic E-state index is 12.2. The molecule has 0 radical (unpaired) electrons. The van der Waals surface area contributed by atoms with Crippen LogP contribution >= 0.6 is 0 Å². The van der Waals surface area contributed by atoms with Crippen molar-refractivity contribution < 1.29 is 28.5 Å². The number of anilines is 2. The number of amides is 2. The van der Waals surface area contributed by atoms with E-state index in [4.69, 9.17) is 18.9 Å². The summed E-state index contributed by atoms with van der Waals surface area (Å²) in [5.74, 6) is 1.98. The Kier molecular flexibility index (Phi) is 8.23. The summed E-state index contributed by atoms with van der Waals surface area (Å²) >= 11 is 0. The summed E-state index contributed by atoms with van der Waals surface area (Å²) in [4.78, 5) is 24.4. The van der Waals surface area contributed by atoms with Crippen molar-refractivity contribution in [2.45, 2.75) is 6.42 Å². The molecule has 0 fully saturated rings. The molecule has 4 aromatic rings. The lowest BCUT2D eigenvalue weighted by Gasteiger charge is -2.09. The Morgan fingerprint density at radius 2 is 0.946 bits per heavy atom. The second-order valence-corrected chi connectivity index (χ2v) is 7.96. The summed E-state index contributed by atoms with van der Waals surface area (Å²) in [6, 6.07) is 28.6. The van der Waals surface area contributed by atoms with Gasteiger partial charge in [-0.15, -0.1) is 0 Å². The first kappa shape index (κ1) is 25.1. The van der Waals surface area contributed by atoms with Crippen LogP contribution in [-0.2, 0) is 6.42 Å². The average molecular weight is 499 g/mol. The van der Waals surface area contributed by atoms with Crippen molar-refractivity contribution >= 4 is 23.6 Å². The minimum atomic E-state index is -0.589. The number of carbonyl (C=O) groups excluding carboxylic acids is 2. The van der Waals surface area contributed by atoms with E-state index < -0.39 is 12.2 Å². The molecule has 0 spiro atoms. The lowest BCUT2D eigenvalue weighted by atomic mass is 10.0. The molecule has 0 aliphatic heterocycles. The van der Waals surface area contributed by atoms with Crippen LogP contribution in [0.5, 0.6) is 23.0 Å². The second kappa shape index (κ2) is 12.1. The van der Waals surface area contributed by atoms with E-state index in [-0.39, 0.29) is 0 Å². The van der Waals surface area contributed by atoms with Crippen LogP contribution in [0.3, 0.4) is 0 Å². The van der Waals surface area contributed by atoms with Gasteiger partial charge in [0.2, 0.25) is 0 Å². The lowest BCUT2D eigenvalue weighted by molar-refractivity contribution is 0.214. The predicted molar refractivity (Wildman–Crippen MR) is 141 cm³/mol. The van der Waals surface area contributed by atoms with E-state index in [1.54, 1.807) is 62.8 Å². The predicted octanol–water partition coefficient (Wildman–Crippen LogP) is 6.52. The number of hydrogen-bond acceptors (Lipinski definition) is 6. The van der Waals surface area contributed by atoms with Crippen LogP contribution in [0.25, 0.3) is 0 Å². The minimum absolute atomic E-state index is 0.389. The van der Waals surface area contributed by atoms with E-state index in [1.807, 2.05) is 48.5 Å². The summed E-state index contributed by atoms with van der Waals surface area (Å²) < 4.78 is 20.8. The molecule has 8 heteroatoms. The van der Waals surface area contributed by atoms with Gasteiger partial charge in [-0.3, -0.25) is 10.6 Å². The molecule has 8 nitrogen and oxygen atoms in total. The SMILES string of the molecule is COc1cccc(OC(=O)Nc2ccc(Cc3ccc(NC(=O)Oc4cccc(OC)c4)cc3)cc2)c1. The molecule has 0 aliphatic carbocycles. The summed E-state index contributed by atoms with van der Waals surface area (Å²) in [5, 5.41) is 5.41. The molecule has 0 unspecified atom stereocenters. The third-order valence-corrected chi connectivity index (χ3v) is 5.31. The van der Waals surface area contributed by atoms with Crippen LogP contribution < -0.4 is 29.6 Å². The van der Waals surface area contributed by atoms with Crippen molar-refractivity contribution in [3.8, 4) is 23.0 Å². The van der Waals surface area contributed by atoms with Gasteiger partial charge in [0.15, 0.2) is 0 Å². The molecule has 0 aliphatic rings. The molecule has 0 saturated carbocycles. The summed E-state index contributed by atoms with van der Waals surface area (Å²) in [6.07, 6.45) is -0.494. The van der Waals surface area contributed by atoms with Gasteiger partial charge in [-0.05, 0) is 66.1 Å². The van der Waals surface area contributed by atoms with E-state index in [0.29, 0.717) is 40.8 Å². The number of benzene rings is 4. The molecule has 37 heavy (non-hydrogen) atoms. The molecule has 0 atom stereocenters. The van der Waals surface area contributed by atoms with Crippen molar-refractivity contribution in [3.63, 3.8) is 0 Å². The molecule has 0 saturated heterocycles. The second-order valence-electron chi connectivity index (χ2n) is 7.96. The molecule has 2 N–H and O–H groups in total. The topological polar surface area (TPSA) is 95.1 Å². The Morgan fingerprint density at radius 3 is 1.32 bits per heavy atom. The highest BCUT2D eigenvalue weighted by Gasteiger charge is 2.08. The van der Waals surface area contributed by atoms with Crippen LogP contribution in [0, 0.1) is 0 Å². The van der Waals surface area contributed by atoms with E-state index in [9.17, 15) is 9.59 Å². The van der Waals surface area contributed by atoms with Gasteiger partial charge < -0.3 is 18.9 Å². The van der Waals surface area contributed by atoms with Crippen molar-refractivity contribution in [2.24, 2.45) is 0 Å². The van der Waals surface area contributed by atoms with Crippen molar-refractivity contribution in [1.29, 1.82) is 0 Å². The molecule has 2 amide bonds. The molecule has 188 valence electrons.